The average molecular weight is 599 g/mol. The molecule has 3 heteroatoms. The van der Waals surface area contributed by atoms with Gasteiger partial charge in [-0.3, -0.25) is 4.99 Å². The molecule has 0 fully saturated rings. The van der Waals surface area contributed by atoms with Gasteiger partial charge >= 0.3 is 0 Å². The largest absolute Gasteiger partial charge is 0.347 e. The van der Waals surface area contributed by atoms with E-state index in [1.54, 1.807) is 0 Å². The molecule has 0 N–H and O–H groups in total. The van der Waals surface area contributed by atoms with Crippen molar-refractivity contribution in [3.8, 4) is 0 Å². The van der Waals surface area contributed by atoms with Crippen LogP contribution in [0.15, 0.2) is 129 Å². The molecule has 3 aliphatic rings. The van der Waals surface area contributed by atoms with Gasteiger partial charge in [0.15, 0.2) is 0 Å². The van der Waals surface area contributed by atoms with Crippen LogP contribution in [0, 0.1) is 0 Å². The van der Waals surface area contributed by atoms with Gasteiger partial charge in [0.25, 0.3) is 0 Å². The van der Waals surface area contributed by atoms with E-state index >= 15 is 0 Å². The third kappa shape index (κ3) is 5.56. The number of thioether (sulfide) groups is 1. The number of fused-ring (bicyclic) bond motifs is 2. The lowest BCUT2D eigenvalue weighted by Crippen LogP contribution is -2.23. The van der Waals surface area contributed by atoms with Crippen molar-refractivity contribution in [3.05, 3.63) is 136 Å². The Morgan fingerprint density at radius 3 is 2.14 bits per heavy atom. The Morgan fingerprint density at radius 2 is 1.45 bits per heavy atom. The van der Waals surface area contributed by atoms with Crippen LogP contribution in [0.4, 0.5) is 11.4 Å². The van der Waals surface area contributed by atoms with Crippen molar-refractivity contribution in [2.24, 2.45) is 4.99 Å². The topological polar surface area (TPSA) is 15.6 Å². The van der Waals surface area contributed by atoms with Crippen molar-refractivity contribution < 1.29 is 0 Å². The molecule has 0 aromatic heterocycles. The van der Waals surface area contributed by atoms with Crippen molar-refractivity contribution in [2.75, 3.05) is 11.9 Å². The highest BCUT2D eigenvalue weighted by molar-refractivity contribution is 8.03. The fourth-order valence-electron chi connectivity index (χ4n) is 6.91. The maximum absolute atomic E-state index is 5.05. The number of nitrogens with zero attached hydrogens (tertiary/aromatic N) is 2. The molecule has 44 heavy (non-hydrogen) atoms. The Morgan fingerprint density at radius 1 is 0.773 bits per heavy atom. The van der Waals surface area contributed by atoms with E-state index in [2.05, 4.69) is 158 Å². The number of para-hydroxylation sites is 2. The second-order valence-corrected chi connectivity index (χ2v) is 15.6. The van der Waals surface area contributed by atoms with Crippen LogP contribution in [-0.2, 0) is 16.2 Å². The van der Waals surface area contributed by atoms with Crippen LogP contribution in [0.3, 0.4) is 0 Å². The molecule has 0 amide bonds. The summed E-state index contributed by atoms with van der Waals surface area (Å²) in [6.45, 7) is 16.1. The Balaban J connectivity index is 1.39. The van der Waals surface area contributed by atoms with Gasteiger partial charge in [-0.2, -0.15) is 0 Å². The number of benzene rings is 3. The SMILES string of the molecule is CN1/C(=C/C=C2\CCCC(/C=C/C3=Nc4ccccc4C3(C)C)=C2Sc2ccc(C(C)(C)C)cc2)C(C)(C)c2ccccc21. The van der Waals surface area contributed by atoms with Crippen LogP contribution in [-0.4, -0.2) is 12.8 Å². The summed E-state index contributed by atoms with van der Waals surface area (Å²) in [6, 6.07) is 26.6. The summed E-state index contributed by atoms with van der Waals surface area (Å²) < 4.78 is 0. The number of hydrogen-bond acceptors (Lipinski definition) is 3. The predicted octanol–water partition coefficient (Wildman–Crippen LogP) is 11.4. The van der Waals surface area contributed by atoms with E-state index in [9.17, 15) is 0 Å². The number of aliphatic imine (C=N–C) groups is 1. The van der Waals surface area contributed by atoms with Gasteiger partial charge in [0.1, 0.15) is 0 Å². The minimum absolute atomic E-state index is 0.0409. The summed E-state index contributed by atoms with van der Waals surface area (Å²) in [5.41, 5.74) is 11.8. The van der Waals surface area contributed by atoms with Crippen LogP contribution in [0.5, 0.6) is 0 Å². The van der Waals surface area contributed by atoms with Gasteiger partial charge in [-0.15, -0.1) is 0 Å². The number of hydrogen-bond donors (Lipinski definition) is 0. The fourth-order valence-corrected chi connectivity index (χ4v) is 8.02. The highest BCUT2D eigenvalue weighted by Crippen LogP contribution is 2.48. The van der Waals surface area contributed by atoms with E-state index < -0.39 is 0 Å². The standard InChI is InChI=1S/C41H46N2S/c1-39(2,3)30-22-24-31(25-23-30)44-38-28(20-26-36-40(4,5)32-16-9-11-18-34(32)42-36)14-13-15-29(38)21-27-37-41(6,7)33-17-10-12-19-35(33)43(37)8/h9-12,16-27H,13-15H2,1-8H3/b26-20+,29-21+,37-27+. The lowest BCUT2D eigenvalue weighted by molar-refractivity contribution is 0.590. The lowest BCUT2D eigenvalue weighted by Gasteiger charge is -2.25. The van der Waals surface area contributed by atoms with Crippen LogP contribution < -0.4 is 4.90 Å². The monoisotopic (exact) mass is 598 g/mol. The van der Waals surface area contributed by atoms with Gasteiger partial charge in [-0.05, 0) is 88.9 Å². The molecule has 2 heterocycles. The van der Waals surface area contributed by atoms with Crippen molar-refractivity contribution >= 4 is 28.8 Å². The number of anilines is 1. The molecule has 0 unspecified atom stereocenters. The quantitative estimate of drug-likeness (QED) is 0.290. The summed E-state index contributed by atoms with van der Waals surface area (Å²) >= 11 is 1.92. The van der Waals surface area contributed by atoms with Crippen molar-refractivity contribution in [1.29, 1.82) is 0 Å². The van der Waals surface area contributed by atoms with E-state index in [0.717, 1.165) is 30.7 Å². The second-order valence-electron chi connectivity index (χ2n) is 14.5. The van der Waals surface area contributed by atoms with Crippen LogP contribution >= 0.6 is 11.8 Å². The zero-order chi connectivity index (χ0) is 31.3. The molecule has 6 rings (SSSR count). The smallest absolute Gasteiger partial charge is 0.0674 e. The summed E-state index contributed by atoms with van der Waals surface area (Å²) in [4.78, 5) is 10.1. The second kappa shape index (κ2) is 11.4. The Labute approximate surface area is 269 Å². The molecule has 0 bridgehead atoms. The highest BCUT2D eigenvalue weighted by Gasteiger charge is 2.38. The van der Waals surface area contributed by atoms with Gasteiger partial charge in [-0.1, -0.05) is 121 Å². The molecule has 226 valence electrons. The molecule has 1 aliphatic carbocycles. The third-order valence-electron chi connectivity index (χ3n) is 9.70. The zero-order valence-electron chi connectivity index (χ0n) is 27.7. The molecule has 2 nitrogen and oxygen atoms in total. The summed E-state index contributed by atoms with van der Waals surface area (Å²) in [5, 5.41) is 0. The molecule has 0 saturated carbocycles. The van der Waals surface area contributed by atoms with Gasteiger partial charge in [0.2, 0.25) is 0 Å². The number of rotatable bonds is 5. The molecule has 0 radical (unpaired) electrons. The van der Waals surface area contributed by atoms with E-state index in [1.165, 1.54) is 49.0 Å². The van der Waals surface area contributed by atoms with E-state index in [-0.39, 0.29) is 16.2 Å². The molecule has 0 atom stereocenters. The Hall–Kier alpha value is -3.56. The number of likely N-dealkylation sites (N-methyl/N-ethyl adjacent to an activating group) is 1. The first-order valence-corrected chi connectivity index (χ1v) is 16.8. The van der Waals surface area contributed by atoms with E-state index in [1.807, 2.05) is 11.8 Å². The van der Waals surface area contributed by atoms with E-state index in [0.29, 0.717) is 0 Å². The molecule has 0 spiro atoms. The number of allylic oxidation sites excluding steroid dienone is 7. The summed E-state index contributed by atoms with van der Waals surface area (Å²) in [7, 11) is 2.21. The van der Waals surface area contributed by atoms with Crippen molar-refractivity contribution in [2.45, 2.75) is 88.9 Å². The van der Waals surface area contributed by atoms with Gasteiger partial charge < -0.3 is 4.90 Å². The van der Waals surface area contributed by atoms with Crippen molar-refractivity contribution in [1.82, 2.24) is 0 Å². The average Bonchev–Trinajstić information content (AvgIpc) is 3.36. The van der Waals surface area contributed by atoms with Gasteiger partial charge in [0.05, 0.1) is 11.4 Å². The van der Waals surface area contributed by atoms with Crippen LogP contribution in [0.25, 0.3) is 0 Å². The first-order valence-electron chi connectivity index (χ1n) is 16.0. The molecule has 3 aromatic carbocycles. The Bertz CT molecular complexity index is 1740. The first-order chi connectivity index (χ1) is 20.9. The minimum atomic E-state index is -0.102. The summed E-state index contributed by atoms with van der Waals surface area (Å²) in [6.07, 6.45) is 12.7. The summed E-state index contributed by atoms with van der Waals surface area (Å²) in [5.74, 6) is 0. The lowest BCUT2D eigenvalue weighted by atomic mass is 9.81. The Kier molecular flexibility index (Phi) is 7.91. The predicted molar refractivity (Wildman–Crippen MR) is 192 cm³/mol. The van der Waals surface area contributed by atoms with Crippen LogP contribution in [0.1, 0.15) is 84.4 Å². The minimum Gasteiger partial charge on any atom is -0.347 e. The maximum Gasteiger partial charge on any atom is 0.0674 e. The van der Waals surface area contributed by atoms with E-state index in [4.69, 9.17) is 4.99 Å². The molecule has 0 saturated heterocycles. The molecular weight excluding hydrogens is 553 g/mol. The maximum atomic E-state index is 5.05. The van der Waals surface area contributed by atoms with Crippen molar-refractivity contribution in [3.63, 3.8) is 0 Å². The molecule has 3 aromatic rings. The third-order valence-corrected chi connectivity index (χ3v) is 10.9. The van der Waals surface area contributed by atoms with Gasteiger partial charge in [0, 0.05) is 39.1 Å². The zero-order valence-corrected chi connectivity index (χ0v) is 28.5. The highest BCUT2D eigenvalue weighted by atomic mass is 32.2. The van der Waals surface area contributed by atoms with Gasteiger partial charge in [-0.25, -0.2) is 0 Å². The normalized spacial score (nSPS) is 20.9. The van der Waals surface area contributed by atoms with Crippen LogP contribution in [0.2, 0.25) is 0 Å². The first kappa shape index (κ1) is 30.5. The fraction of sp³-hybridized carbons (Fsp3) is 0.341. The molecular formula is C41H46N2S. The molecule has 2 aliphatic heterocycles.